The molecule has 4 nitrogen and oxygen atoms in total. The average molecular weight is 242 g/mol. The molecule has 16 heavy (non-hydrogen) atoms. The molecule has 0 spiro atoms. The SMILES string of the molecule is O=C(CCCl)NCc1ccc2c(c1)OCO2. The Kier molecular flexibility index (Phi) is 3.51. The van der Waals surface area contributed by atoms with E-state index < -0.39 is 0 Å². The quantitative estimate of drug-likeness (QED) is 0.816. The molecule has 0 radical (unpaired) electrons. The lowest BCUT2D eigenvalue weighted by atomic mass is 10.2. The second-order valence-corrected chi connectivity index (χ2v) is 3.78. The summed E-state index contributed by atoms with van der Waals surface area (Å²) in [7, 11) is 0. The number of hydrogen-bond donors (Lipinski definition) is 1. The molecule has 0 aliphatic carbocycles. The van der Waals surface area contributed by atoms with Gasteiger partial charge in [0.1, 0.15) is 0 Å². The van der Waals surface area contributed by atoms with Crippen molar-refractivity contribution in [1.82, 2.24) is 5.32 Å². The topological polar surface area (TPSA) is 47.6 Å². The van der Waals surface area contributed by atoms with Gasteiger partial charge in [0, 0.05) is 18.8 Å². The molecule has 5 heteroatoms. The van der Waals surface area contributed by atoms with Crippen LogP contribution in [0.1, 0.15) is 12.0 Å². The lowest BCUT2D eigenvalue weighted by Crippen LogP contribution is -2.22. The van der Waals surface area contributed by atoms with Crippen LogP contribution in [0.4, 0.5) is 0 Å². The van der Waals surface area contributed by atoms with Gasteiger partial charge in [0.2, 0.25) is 12.7 Å². The molecule has 0 aromatic heterocycles. The van der Waals surface area contributed by atoms with E-state index in [0.29, 0.717) is 18.8 Å². The minimum Gasteiger partial charge on any atom is -0.454 e. The van der Waals surface area contributed by atoms with E-state index in [9.17, 15) is 4.79 Å². The Bertz CT molecular complexity index is 395. The number of benzene rings is 1. The Morgan fingerprint density at radius 2 is 2.19 bits per heavy atom. The predicted molar refractivity (Wildman–Crippen MR) is 59.7 cm³/mol. The molecule has 1 heterocycles. The van der Waals surface area contributed by atoms with Crippen molar-refractivity contribution in [3.05, 3.63) is 23.8 Å². The van der Waals surface area contributed by atoms with Crippen LogP contribution in [0.25, 0.3) is 0 Å². The summed E-state index contributed by atoms with van der Waals surface area (Å²) in [5.74, 6) is 1.76. The maximum Gasteiger partial charge on any atom is 0.231 e. The monoisotopic (exact) mass is 241 g/mol. The summed E-state index contributed by atoms with van der Waals surface area (Å²) in [6.45, 7) is 0.740. The maximum absolute atomic E-state index is 11.2. The van der Waals surface area contributed by atoms with Crippen molar-refractivity contribution in [2.24, 2.45) is 0 Å². The van der Waals surface area contributed by atoms with E-state index in [-0.39, 0.29) is 12.7 Å². The Balaban J connectivity index is 1.93. The van der Waals surface area contributed by atoms with E-state index in [2.05, 4.69) is 5.32 Å². The van der Waals surface area contributed by atoms with Crippen molar-refractivity contribution in [2.45, 2.75) is 13.0 Å². The molecule has 86 valence electrons. The van der Waals surface area contributed by atoms with Gasteiger partial charge in [0.25, 0.3) is 0 Å². The van der Waals surface area contributed by atoms with Gasteiger partial charge in [0.15, 0.2) is 11.5 Å². The lowest BCUT2D eigenvalue weighted by Gasteiger charge is -2.05. The van der Waals surface area contributed by atoms with Crippen molar-refractivity contribution >= 4 is 17.5 Å². The number of hydrogen-bond acceptors (Lipinski definition) is 3. The molecule has 2 rings (SSSR count). The predicted octanol–water partition coefficient (Wildman–Crippen LogP) is 1.66. The third-order valence-corrected chi connectivity index (χ3v) is 2.44. The van der Waals surface area contributed by atoms with Crippen LogP contribution in [-0.2, 0) is 11.3 Å². The molecule has 0 saturated carbocycles. The number of carbonyl (C=O) groups is 1. The molecule has 0 saturated heterocycles. The zero-order chi connectivity index (χ0) is 11.4. The van der Waals surface area contributed by atoms with Gasteiger partial charge in [-0.2, -0.15) is 0 Å². The maximum atomic E-state index is 11.2. The number of ether oxygens (including phenoxy) is 2. The molecule has 1 N–H and O–H groups in total. The molecule has 1 aliphatic heterocycles. The number of nitrogens with one attached hydrogen (secondary N) is 1. The van der Waals surface area contributed by atoms with Gasteiger partial charge in [0.05, 0.1) is 0 Å². The molecule has 1 aliphatic rings. The molecule has 0 unspecified atom stereocenters. The summed E-state index contributed by atoms with van der Waals surface area (Å²) in [6.07, 6.45) is 0.339. The largest absolute Gasteiger partial charge is 0.454 e. The van der Waals surface area contributed by atoms with Crippen LogP contribution in [0.5, 0.6) is 11.5 Å². The van der Waals surface area contributed by atoms with Gasteiger partial charge < -0.3 is 14.8 Å². The molecule has 1 amide bonds. The van der Waals surface area contributed by atoms with Gasteiger partial charge in [-0.1, -0.05) is 6.07 Å². The van der Waals surface area contributed by atoms with E-state index in [1.54, 1.807) is 0 Å². The number of halogens is 1. The molecule has 0 bridgehead atoms. The van der Waals surface area contributed by atoms with E-state index in [0.717, 1.165) is 17.1 Å². The fourth-order valence-corrected chi connectivity index (χ4v) is 1.60. The van der Waals surface area contributed by atoms with Gasteiger partial charge in [-0.15, -0.1) is 11.6 Å². The zero-order valence-electron chi connectivity index (χ0n) is 8.66. The van der Waals surface area contributed by atoms with Gasteiger partial charge in [-0.3, -0.25) is 4.79 Å². The number of fused-ring (bicyclic) bond motifs is 1. The number of carbonyl (C=O) groups excluding carboxylic acids is 1. The van der Waals surface area contributed by atoms with Crippen LogP contribution in [0.3, 0.4) is 0 Å². The fourth-order valence-electron chi connectivity index (χ4n) is 1.43. The molecule has 0 atom stereocenters. The van der Waals surface area contributed by atoms with E-state index in [1.165, 1.54) is 0 Å². The van der Waals surface area contributed by atoms with Crippen LogP contribution in [0.15, 0.2) is 18.2 Å². The normalized spacial score (nSPS) is 12.6. The molecule has 1 aromatic carbocycles. The second-order valence-electron chi connectivity index (χ2n) is 3.40. The number of rotatable bonds is 4. The van der Waals surface area contributed by atoms with Crippen LogP contribution in [0, 0.1) is 0 Å². The van der Waals surface area contributed by atoms with Crippen LogP contribution in [-0.4, -0.2) is 18.6 Å². The summed E-state index contributed by atoms with van der Waals surface area (Å²) < 4.78 is 10.4. The minimum atomic E-state index is -0.0485. The average Bonchev–Trinajstić information content (AvgIpc) is 2.74. The van der Waals surface area contributed by atoms with E-state index in [4.69, 9.17) is 21.1 Å². The summed E-state index contributed by atoms with van der Waals surface area (Å²) in [5, 5.41) is 2.77. The number of amides is 1. The van der Waals surface area contributed by atoms with Crippen molar-refractivity contribution < 1.29 is 14.3 Å². The molecular weight excluding hydrogens is 230 g/mol. The first-order chi connectivity index (χ1) is 7.79. The van der Waals surface area contributed by atoms with Crippen molar-refractivity contribution in [2.75, 3.05) is 12.7 Å². The van der Waals surface area contributed by atoms with Crippen LogP contribution in [0.2, 0.25) is 0 Å². The minimum absolute atomic E-state index is 0.0485. The highest BCUT2D eigenvalue weighted by Gasteiger charge is 2.13. The molecule has 1 aromatic rings. The first-order valence-corrected chi connectivity index (χ1v) is 5.54. The summed E-state index contributed by atoms with van der Waals surface area (Å²) in [5.41, 5.74) is 0.979. The highest BCUT2D eigenvalue weighted by molar-refractivity contribution is 6.18. The highest BCUT2D eigenvalue weighted by atomic mass is 35.5. The smallest absolute Gasteiger partial charge is 0.231 e. The third-order valence-electron chi connectivity index (χ3n) is 2.25. The van der Waals surface area contributed by atoms with E-state index in [1.807, 2.05) is 18.2 Å². The van der Waals surface area contributed by atoms with Crippen LogP contribution < -0.4 is 14.8 Å². The first-order valence-electron chi connectivity index (χ1n) is 5.01. The molecular formula is C11H12ClNO3. The number of alkyl halides is 1. The summed E-state index contributed by atoms with van der Waals surface area (Å²) in [6, 6.07) is 5.60. The van der Waals surface area contributed by atoms with Gasteiger partial charge >= 0.3 is 0 Å². The Morgan fingerprint density at radius 1 is 1.38 bits per heavy atom. The lowest BCUT2D eigenvalue weighted by molar-refractivity contribution is -0.120. The van der Waals surface area contributed by atoms with E-state index >= 15 is 0 Å². The van der Waals surface area contributed by atoms with Crippen LogP contribution >= 0.6 is 11.6 Å². The zero-order valence-corrected chi connectivity index (χ0v) is 9.42. The second kappa shape index (κ2) is 5.07. The Morgan fingerprint density at radius 3 is 3.00 bits per heavy atom. The van der Waals surface area contributed by atoms with Crippen molar-refractivity contribution in [3.8, 4) is 11.5 Å². The Hall–Kier alpha value is -1.42. The fraction of sp³-hybridized carbons (Fsp3) is 0.364. The first kappa shape index (κ1) is 11.1. The summed E-state index contributed by atoms with van der Waals surface area (Å²) >= 11 is 5.46. The van der Waals surface area contributed by atoms with Gasteiger partial charge in [-0.25, -0.2) is 0 Å². The highest BCUT2D eigenvalue weighted by Crippen LogP contribution is 2.32. The summed E-state index contributed by atoms with van der Waals surface area (Å²) in [4.78, 5) is 11.2. The van der Waals surface area contributed by atoms with Crippen molar-refractivity contribution in [1.29, 1.82) is 0 Å². The standard InChI is InChI=1S/C11H12ClNO3/c12-4-3-11(14)13-6-8-1-2-9-10(5-8)16-7-15-9/h1-2,5H,3-4,6-7H2,(H,13,14). The molecule has 0 fully saturated rings. The van der Waals surface area contributed by atoms with Crippen molar-refractivity contribution in [3.63, 3.8) is 0 Å². The van der Waals surface area contributed by atoms with Gasteiger partial charge in [-0.05, 0) is 17.7 Å². The Labute approximate surface area is 98.5 Å². The third kappa shape index (κ3) is 2.58.